The van der Waals surface area contributed by atoms with Crippen molar-refractivity contribution in [2.24, 2.45) is 12.8 Å². The number of hydrogen-bond donors (Lipinski definition) is 1. The fraction of sp³-hybridized carbons (Fsp3) is 0.417. The third-order valence-electron chi connectivity index (χ3n) is 2.76. The molecule has 2 aromatic rings. The monoisotopic (exact) mass is 263 g/mol. The maximum Gasteiger partial charge on any atom is 0.213 e. The Balaban J connectivity index is 2.20. The van der Waals surface area contributed by atoms with Gasteiger partial charge in [0.05, 0.1) is 0 Å². The van der Waals surface area contributed by atoms with Crippen molar-refractivity contribution in [3.8, 4) is 0 Å². The third kappa shape index (κ3) is 3.08. The van der Waals surface area contributed by atoms with Crippen molar-refractivity contribution >= 4 is 11.8 Å². The van der Waals surface area contributed by atoms with Gasteiger partial charge in [-0.25, -0.2) is 4.68 Å². The average Bonchev–Trinajstić information content (AvgIpc) is 2.77. The van der Waals surface area contributed by atoms with Crippen molar-refractivity contribution < 1.29 is 0 Å². The summed E-state index contributed by atoms with van der Waals surface area (Å²) in [5.41, 5.74) is 7.27. The molecule has 1 atom stereocenters. The molecule has 0 aliphatic rings. The summed E-state index contributed by atoms with van der Waals surface area (Å²) in [7, 11) is 1.84. The van der Waals surface area contributed by atoms with E-state index in [1.165, 1.54) is 10.5 Å². The minimum absolute atomic E-state index is 0.198. The van der Waals surface area contributed by atoms with E-state index in [0.717, 1.165) is 18.0 Å². The number of benzene rings is 1. The van der Waals surface area contributed by atoms with E-state index in [2.05, 4.69) is 34.6 Å². The molecule has 0 bridgehead atoms. The summed E-state index contributed by atoms with van der Waals surface area (Å²) in [6, 6.07) is 8.45. The summed E-state index contributed by atoms with van der Waals surface area (Å²) >= 11 is 1.57. The normalized spacial score (nSPS) is 12.6. The van der Waals surface area contributed by atoms with Crippen LogP contribution in [0.1, 0.15) is 18.9 Å². The topological polar surface area (TPSA) is 69.6 Å². The van der Waals surface area contributed by atoms with Crippen molar-refractivity contribution in [2.45, 2.75) is 35.9 Å². The van der Waals surface area contributed by atoms with Gasteiger partial charge in [0.2, 0.25) is 5.16 Å². The lowest BCUT2D eigenvalue weighted by Crippen LogP contribution is -2.21. The summed E-state index contributed by atoms with van der Waals surface area (Å²) in [4.78, 5) is 1.17. The Morgan fingerprint density at radius 3 is 2.83 bits per heavy atom. The van der Waals surface area contributed by atoms with Crippen LogP contribution < -0.4 is 5.73 Å². The second-order valence-electron chi connectivity index (χ2n) is 4.17. The van der Waals surface area contributed by atoms with Crippen molar-refractivity contribution in [2.75, 3.05) is 0 Å². The van der Waals surface area contributed by atoms with Crippen LogP contribution in [0.15, 0.2) is 34.3 Å². The zero-order valence-electron chi connectivity index (χ0n) is 10.6. The standard InChI is InChI=1S/C12H17N5S/c1-3-10(13)8-9-6-4-5-7-11(9)18-12-14-15-16-17(12)2/h4-7,10H,3,8,13H2,1-2H3. The number of aromatic nitrogens is 4. The number of nitrogens with two attached hydrogens (primary N) is 1. The molecular weight excluding hydrogens is 246 g/mol. The molecule has 1 aromatic heterocycles. The molecule has 0 fully saturated rings. The first kappa shape index (κ1) is 13.0. The van der Waals surface area contributed by atoms with E-state index in [0.29, 0.717) is 0 Å². The van der Waals surface area contributed by atoms with E-state index in [1.54, 1.807) is 16.4 Å². The minimum Gasteiger partial charge on any atom is -0.327 e. The molecule has 1 heterocycles. The Kier molecular flexibility index (Phi) is 4.33. The predicted octanol–water partition coefficient (Wildman–Crippen LogP) is 1.64. The summed E-state index contributed by atoms with van der Waals surface area (Å²) in [6.07, 6.45) is 1.86. The first-order valence-corrected chi connectivity index (χ1v) is 6.76. The van der Waals surface area contributed by atoms with Crippen LogP contribution in [0.3, 0.4) is 0 Å². The van der Waals surface area contributed by atoms with Gasteiger partial charge in [0.15, 0.2) is 0 Å². The maximum absolute atomic E-state index is 6.02. The Labute approximate surface area is 111 Å². The van der Waals surface area contributed by atoms with Gasteiger partial charge in [-0.2, -0.15) is 0 Å². The van der Waals surface area contributed by atoms with Gasteiger partial charge in [-0.05, 0) is 46.7 Å². The van der Waals surface area contributed by atoms with E-state index >= 15 is 0 Å². The van der Waals surface area contributed by atoms with Crippen LogP contribution in [-0.4, -0.2) is 26.2 Å². The van der Waals surface area contributed by atoms with Gasteiger partial charge >= 0.3 is 0 Å². The van der Waals surface area contributed by atoms with E-state index in [9.17, 15) is 0 Å². The highest BCUT2D eigenvalue weighted by molar-refractivity contribution is 7.99. The number of rotatable bonds is 5. The molecule has 5 nitrogen and oxygen atoms in total. The number of tetrazole rings is 1. The largest absolute Gasteiger partial charge is 0.327 e. The van der Waals surface area contributed by atoms with Gasteiger partial charge < -0.3 is 5.73 Å². The molecule has 0 amide bonds. The predicted molar refractivity (Wildman–Crippen MR) is 71.3 cm³/mol. The molecule has 0 aliphatic carbocycles. The molecule has 2 N–H and O–H groups in total. The highest BCUT2D eigenvalue weighted by Crippen LogP contribution is 2.28. The molecule has 0 spiro atoms. The van der Waals surface area contributed by atoms with Crippen molar-refractivity contribution in [3.63, 3.8) is 0 Å². The van der Waals surface area contributed by atoms with Gasteiger partial charge in [-0.15, -0.1) is 5.10 Å². The van der Waals surface area contributed by atoms with E-state index in [1.807, 2.05) is 19.2 Å². The molecule has 0 aliphatic heterocycles. The number of nitrogens with zero attached hydrogens (tertiary/aromatic N) is 4. The quantitative estimate of drug-likeness (QED) is 0.888. The van der Waals surface area contributed by atoms with Crippen LogP contribution in [0.25, 0.3) is 0 Å². The van der Waals surface area contributed by atoms with Gasteiger partial charge in [0.25, 0.3) is 0 Å². The number of hydrogen-bond acceptors (Lipinski definition) is 5. The van der Waals surface area contributed by atoms with Crippen LogP contribution >= 0.6 is 11.8 Å². The Hall–Kier alpha value is -1.40. The van der Waals surface area contributed by atoms with Crippen LogP contribution in [0.2, 0.25) is 0 Å². The molecule has 1 unspecified atom stereocenters. The maximum atomic E-state index is 6.02. The highest BCUT2D eigenvalue weighted by Gasteiger charge is 2.10. The Morgan fingerprint density at radius 1 is 1.39 bits per heavy atom. The van der Waals surface area contributed by atoms with Crippen LogP contribution in [0.5, 0.6) is 0 Å². The Bertz CT molecular complexity index is 511. The summed E-state index contributed by atoms with van der Waals surface area (Å²) in [5.74, 6) is 0. The molecule has 6 heteroatoms. The lowest BCUT2D eigenvalue weighted by atomic mass is 10.1. The lowest BCUT2D eigenvalue weighted by Gasteiger charge is -2.12. The lowest BCUT2D eigenvalue weighted by molar-refractivity contribution is 0.640. The van der Waals surface area contributed by atoms with Gasteiger partial charge in [-0.1, -0.05) is 25.1 Å². The second-order valence-corrected chi connectivity index (χ2v) is 5.18. The summed E-state index contributed by atoms with van der Waals surface area (Å²) in [5, 5.41) is 12.2. The molecule has 0 radical (unpaired) electrons. The molecule has 1 aromatic carbocycles. The average molecular weight is 263 g/mol. The molecule has 0 saturated carbocycles. The van der Waals surface area contributed by atoms with Crippen LogP contribution in [0, 0.1) is 0 Å². The molecule has 18 heavy (non-hydrogen) atoms. The van der Waals surface area contributed by atoms with Crippen molar-refractivity contribution in [3.05, 3.63) is 29.8 Å². The summed E-state index contributed by atoms with van der Waals surface area (Å²) < 4.78 is 1.67. The second kappa shape index (κ2) is 5.97. The highest BCUT2D eigenvalue weighted by atomic mass is 32.2. The zero-order chi connectivity index (χ0) is 13.0. The van der Waals surface area contributed by atoms with E-state index in [-0.39, 0.29) is 6.04 Å². The molecule has 2 rings (SSSR count). The number of aryl methyl sites for hydroxylation is 1. The van der Waals surface area contributed by atoms with Gasteiger partial charge in [0, 0.05) is 18.0 Å². The fourth-order valence-electron chi connectivity index (χ4n) is 1.60. The molecule has 0 saturated heterocycles. The zero-order valence-corrected chi connectivity index (χ0v) is 11.4. The van der Waals surface area contributed by atoms with Crippen molar-refractivity contribution in [1.82, 2.24) is 20.2 Å². The third-order valence-corrected chi connectivity index (χ3v) is 3.91. The van der Waals surface area contributed by atoms with Crippen LogP contribution in [-0.2, 0) is 13.5 Å². The molecule has 96 valence electrons. The Morgan fingerprint density at radius 2 is 2.17 bits per heavy atom. The van der Waals surface area contributed by atoms with Gasteiger partial charge in [0.1, 0.15) is 0 Å². The fourth-order valence-corrected chi connectivity index (χ4v) is 2.48. The van der Waals surface area contributed by atoms with Crippen molar-refractivity contribution in [1.29, 1.82) is 0 Å². The van der Waals surface area contributed by atoms with E-state index in [4.69, 9.17) is 5.73 Å². The first-order valence-electron chi connectivity index (χ1n) is 5.94. The van der Waals surface area contributed by atoms with Crippen LogP contribution in [0.4, 0.5) is 0 Å². The SMILES string of the molecule is CCC(N)Cc1ccccc1Sc1nnnn1C. The summed E-state index contributed by atoms with van der Waals surface area (Å²) in [6.45, 7) is 2.10. The van der Waals surface area contributed by atoms with Gasteiger partial charge in [-0.3, -0.25) is 0 Å². The van der Waals surface area contributed by atoms with E-state index < -0.39 is 0 Å². The minimum atomic E-state index is 0.198. The first-order chi connectivity index (χ1) is 8.70. The molecular formula is C12H17N5S. The smallest absolute Gasteiger partial charge is 0.213 e.